The van der Waals surface area contributed by atoms with Crippen molar-refractivity contribution in [2.45, 2.75) is 0 Å². The third-order valence-electron chi connectivity index (χ3n) is 6.11. The first kappa shape index (κ1) is 29.5. The maximum Gasteiger partial charge on any atom is 0.488 e. The van der Waals surface area contributed by atoms with Crippen LogP contribution in [-0.2, 0) is 0 Å². The van der Waals surface area contributed by atoms with Gasteiger partial charge in [-0.2, -0.15) is 0 Å². The summed E-state index contributed by atoms with van der Waals surface area (Å²) in [6.45, 7) is 0. The Morgan fingerprint density at radius 1 is 0.550 bits per heavy atom. The molecule has 6 N–H and O–H groups in total. The zero-order chi connectivity index (χ0) is 28.6. The van der Waals surface area contributed by atoms with E-state index in [0.29, 0.717) is 21.2 Å². The Balaban J connectivity index is 0.000000148. The summed E-state index contributed by atoms with van der Waals surface area (Å²) >= 11 is 14.9. The van der Waals surface area contributed by atoms with Crippen molar-refractivity contribution in [1.29, 1.82) is 0 Å². The lowest BCUT2D eigenvalue weighted by molar-refractivity contribution is 0.426. The second-order valence-corrected chi connectivity index (χ2v) is 10.7. The minimum Gasteiger partial charge on any atom is -0.423 e. The Labute approximate surface area is 252 Å². The highest BCUT2D eigenvalue weighted by atomic mass is 79.9. The first-order chi connectivity index (χ1) is 19.2. The molecular formula is C32H26BBrCl2N2O2. The van der Waals surface area contributed by atoms with Crippen LogP contribution in [0.4, 0.5) is 11.4 Å². The Bertz CT molecular complexity index is 1770. The number of benzene rings is 6. The topological polar surface area (TPSA) is 92.5 Å². The number of halogens is 3. The molecule has 0 saturated heterocycles. The molecule has 0 aliphatic carbocycles. The normalized spacial score (nSPS) is 10.3. The lowest BCUT2D eigenvalue weighted by Crippen LogP contribution is -2.29. The molecule has 6 aromatic rings. The van der Waals surface area contributed by atoms with Crippen molar-refractivity contribution in [1.82, 2.24) is 0 Å². The summed E-state index contributed by atoms with van der Waals surface area (Å²) in [5, 5.41) is 23.8. The van der Waals surface area contributed by atoms with E-state index in [1.165, 1.54) is 10.8 Å². The van der Waals surface area contributed by atoms with Gasteiger partial charge in [0.1, 0.15) is 0 Å². The van der Waals surface area contributed by atoms with Gasteiger partial charge in [-0.25, -0.2) is 0 Å². The van der Waals surface area contributed by atoms with Crippen molar-refractivity contribution in [2.24, 2.45) is 0 Å². The number of hydrogen-bond donors (Lipinski definition) is 4. The second-order valence-electron chi connectivity index (χ2n) is 8.94. The van der Waals surface area contributed by atoms with Crippen LogP contribution in [-0.4, -0.2) is 17.2 Å². The Kier molecular flexibility index (Phi) is 10.1. The molecule has 0 aliphatic heterocycles. The summed E-state index contributed by atoms with van der Waals surface area (Å²) in [5.74, 6) is 0. The van der Waals surface area contributed by atoms with Crippen molar-refractivity contribution in [3.63, 3.8) is 0 Å². The predicted octanol–water partition coefficient (Wildman–Crippen LogP) is 7.95. The van der Waals surface area contributed by atoms with Crippen LogP contribution >= 0.6 is 39.1 Å². The predicted molar refractivity (Wildman–Crippen MR) is 176 cm³/mol. The summed E-state index contributed by atoms with van der Waals surface area (Å²) in [4.78, 5) is 0. The summed E-state index contributed by atoms with van der Waals surface area (Å²) in [5.41, 5.74) is 15.5. The maximum atomic E-state index is 8.94. The van der Waals surface area contributed by atoms with Gasteiger partial charge in [-0.1, -0.05) is 102 Å². The molecule has 200 valence electrons. The van der Waals surface area contributed by atoms with Gasteiger partial charge in [0.2, 0.25) is 0 Å². The molecule has 0 aromatic heterocycles. The third-order valence-corrected chi connectivity index (χ3v) is 7.27. The molecule has 0 radical (unpaired) electrons. The molecular weight excluding hydrogens is 606 g/mol. The standard InChI is InChI=1S/C16H12ClN.C10H9BO2.C6H5BrClN/c17-14-7-8-16(18)15(10-14)13-6-5-11-3-1-2-4-12(11)9-13;12-11(13)10-6-5-8-3-1-2-4-9(8)7-10;7-5-3-4(8)1-2-6(5)9/h1-10H,18H2;1-7,12-13H;1-3H,9H2. The number of fused-ring (bicyclic) bond motifs is 2. The second kappa shape index (κ2) is 13.7. The fourth-order valence-electron chi connectivity index (χ4n) is 4.01. The summed E-state index contributed by atoms with van der Waals surface area (Å²) < 4.78 is 0.843. The van der Waals surface area contributed by atoms with E-state index in [1.54, 1.807) is 36.4 Å². The quantitative estimate of drug-likeness (QED) is 0.115. The van der Waals surface area contributed by atoms with E-state index in [-0.39, 0.29) is 0 Å². The van der Waals surface area contributed by atoms with Crippen molar-refractivity contribution >= 4 is 84.6 Å². The molecule has 6 aromatic carbocycles. The lowest BCUT2D eigenvalue weighted by Gasteiger charge is -2.08. The van der Waals surface area contributed by atoms with Crippen LogP contribution < -0.4 is 16.9 Å². The smallest absolute Gasteiger partial charge is 0.423 e. The van der Waals surface area contributed by atoms with Crippen LogP contribution in [0.3, 0.4) is 0 Å². The van der Waals surface area contributed by atoms with Crippen molar-refractivity contribution in [3.05, 3.63) is 136 Å². The number of nitrogen functional groups attached to an aromatic ring is 2. The van der Waals surface area contributed by atoms with Gasteiger partial charge in [0.05, 0.1) is 0 Å². The van der Waals surface area contributed by atoms with Gasteiger partial charge in [0.25, 0.3) is 0 Å². The molecule has 0 saturated carbocycles. The van der Waals surface area contributed by atoms with Crippen LogP contribution in [0.2, 0.25) is 10.0 Å². The highest BCUT2D eigenvalue weighted by Gasteiger charge is 2.10. The van der Waals surface area contributed by atoms with Crippen molar-refractivity contribution in [3.8, 4) is 11.1 Å². The minimum atomic E-state index is -1.38. The number of hydrogen-bond acceptors (Lipinski definition) is 4. The molecule has 0 unspecified atom stereocenters. The van der Waals surface area contributed by atoms with Gasteiger partial charge < -0.3 is 21.5 Å². The Hall–Kier alpha value is -3.52. The zero-order valence-electron chi connectivity index (χ0n) is 21.3. The average molecular weight is 632 g/mol. The van der Waals surface area contributed by atoms with E-state index in [9.17, 15) is 0 Å². The first-order valence-electron chi connectivity index (χ1n) is 12.3. The lowest BCUT2D eigenvalue weighted by atomic mass is 9.79. The minimum absolute atomic E-state index is 0.527. The molecule has 0 amide bonds. The summed E-state index contributed by atoms with van der Waals surface area (Å²) in [6, 6.07) is 38.6. The van der Waals surface area contributed by atoms with Crippen LogP contribution in [0.5, 0.6) is 0 Å². The third kappa shape index (κ3) is 7.78. The Morgan fingerprint density at radius 3 is 1.65 bits per heavy atom. The summed E-state index contributed by atoms with van der Waals surface area (Å²) in [6.07, 6.45) is 0. The van der Waals surface area contributed by atoms with Crippen molar-refractivity contribution < 1.29 is 10.0 Å². The van der Waals surface area contributed by atoms with Gasteiger partial charge >= 0.3 is 7.12 Å². The van der Waals surface area contributed by atoms with Gasteiger partial charge in [0, 0.05) is 31.5 Å². The van der Waals surface area contributed by atoms with E-state index in [0.717, 1.165) is 32.1 Å². The van der Waals surface area contributed by atoms with Crippen LogP contribution in [0, 0.1) is 0 Å². The van der Waals surface area contributed by atoms with E-state index >= 15 is 0 Å². The molecule has 0 heterocycles. The fourth-order valence-corrected chi connectivity index (χ4v) is 4.86. The van der Waals surface area contributed by atoms with E-state index in [4.69, 9.17) is 44.7 Å². The highest BCUT2D eigenvalue weighted by molar-refractivity contribution is 9.10. The average Bonchev–Trinajstić information content (AvgIpc) is 2.96. The monoisotopic (exact) mass is 630 g/mol. The SMILES string of the molecule is Nc1ccc(Cl)cc1-c1ccc2ccccc2c1.Nc1ccc(Cl)cc1Br.OB(O)c1ccc2ccccc2c1. The van der Waals surface area contributed by atoms with Crippen LogP contribution in [0.15, 0.2) is 126 Å². The van der Waals surface area contributed by atoms with Gasteiger partial charge in [0.15, 0.2) is 0 Å². The maximum absolute atomic E-state index is 8.94. The van der Waals surface area contributed by atoms with Crippen LogP contribution in [0.1, 0.15) is 0 Å². The van der Waals surface area contributed by atoms with Gasteiger partial charge in [-0.3, -0.25) is 0 Å². The number of nitrogens with two attached hydrogens (primary N) is 2. The summed E-state index contributed by atoms with van der Waals surface area (Å²) in [7, 11) is -1.38. The van der Waals surface area contributed by atoms with Crippen molar-refractivity contribution in [2.75, 3.05) is 11.5 Å². The van der Waals surface area contributed by atoms with E-state index in [1.807, 2.05) is 54.6 Å². The molecule has 0 spiro atoms. The highest BCUT2D eigenvalue weighted by Crippen LogP contribution is 2.31. The largest absolute Gasteiger partial charge is 0.488 e. The van der Waals surface area contributed by atoms with Crippen LogP contribution in [0.25, 0.3) is 32.7 Å². The molecule has 0 bridgehead atoms. The fraction of sp³-hybridized carbons (Fsp3) is 0. The van der Waals surface area contributed by atoms with Gasteiger partial charge in [-0.15, -0.1) is 0 Å². The molecule has 0 atom stereocenters. The van der Waals surface area contributed by atoms with Gasteiger partial charge in [-0.05, 0) is 91.0 Å². The van der Waals surface area contributed by atoms with E-state index < -0.39 is 7.12 Å². The molecule has 40 heavy (non-hydrogen) atoms. The van der Waals surface area contributed by atoms with E-state index in [2.05, 4.69) is 46.3 Å². The first-order valence-corrected chi connectivity index (χ1v) is 13.9. The Morgan fingerprint density at radius 2 is 1.07 bits per heavy atom. The number of rotatable bonds is 2. The zero-order valence-corrected chi connectivity index (χ0v) is 24.4. The molecule has 8 heteroatoms. The number of anilines is 2. The molecule has 6 rings (SSSR count). The molecule has 4 nitrogen and oxygen atoms in total. The molecule has 0 fully saturated rings. The molecule has 0 aliphatic rings.